The summed E-state index contributed by atoms with van der Waals surface area (Å²) in [7, 11) is 0. The molecule has 0 amide bonds. The van der Waals surface area contributed by atoms with Gasteiger partial charge in [-0.3, -0.25) is 9.59 Å². The van der Waals surface area contributed by atoms with E-state index in [1.165, 1.54) is 0 Å². The van der Waals surface area contributed by atoms with Crippen molar-refractivity contribution in [3.05, 3.63) is 22.8 Å². The molecule has 0 radical (unpaired) electrons. The van der Waals surface area contributed by atoms with Crippen molar-refractivity contribution in [3.8, 4) is 11.5 Å². The standard InChI is InChI=1S/C20H24O5/c1-9(2)10-8-11-12(14(22)13(10)21)20-7-5-6-19(3,4)17(20)15(23)16(11)25-18(20)24/h8-9,16-17,21-22H,5-7H2,1-4H3/t16-,17+,20+/m1/s1. The zero-order valence-electron chi connectivity index (χ0n) is 15.0. The molecule has 5 nitrogen and oxygen atoms in total. The minimum atomic E-state index is -1.18. The van der Waals surface area contributed by atoms with Gasteiger partial charge in [0.15, 0.2) is 23.4 Å². The number of benzene rings is 1. The van der Waals surface area contributed by atoms with Crippen LogP contribution in [0.2, 0.25) is 0 Å². The van der Waals surface area contributed by atoms with E-state index in [1.54, 1.807) is 6.07 Å². The van der Waals surface area contributed by atoms with E-state index < -0.39 is 23.4 Å². The number of aromatic hydroxyl groups is 2. The molecule has 0 unspecified atom stereocenters. The van der Waals surface area contributed by atoms with Gasteiger partial charge in [0, 0.05) is 22.6 Å². The Morgan fingerprint density at radius 2 is 1.84 bits per heavy atom. The summed E-state index contributed by atoms with van der Waals surface area (Å²) in [6.45, 7) is 7.81. The molecule has 2 aliphatic heterocycles. The highest BCUT2D eigenvalue weighted by molar-refractivity contribution is 6.05. The van der Waals surface area contributed by atoms with Crippen LogP contribution in [0, 0.1) is 11.3 Å². The molecule has 2 aliphatic carbocycles. The largest absolute Gasteiger partial charge is 0.504 e. The second kappa shape index (κ2) is 4.77. The zero-order chi connectivity index (χ0) is 18.3. The molecule has 1 aromatic rings. The lowest BCUT2D eigenvalue weighted by atomic mass is 9.47. The molecule has 25 heavy (non-hydrogen) atoms. The number of carbonyl (C=O) groups excluding carboxylic acids is 2. The van der Waals surface area contributed by atoms with Gasteiger partial charge in [-0.05, 0) is 30.2 Å². The SMILES string of the molecule is CC(C)c1cc2c(c(O)c1O)[C@@]13CCCC(C)(C)[C@@H]1C(=O)[C@@H]2OC3=O. The van der Waals surface area contributed by atoms with Crippen molar-refractivity contribution < 1.29 is 24.5 Å². The molecule has 2 fully saturated rings. The predicted octanol–water partition coefficient (Wildman–Crippen LogP) is 3.47. The lowest BCUT2D eigenvalue weighted by molar-refractivity contribution is -0.189. The van der Waals surface area contributed by atoms with Crippen molar-refractivity contribution in [3.63, 3.8) is 0 Å². The summed E-state index contributed by atoms with van der Waals surface area (Å²) in [4.78, 5) is 26.1. The van der Waals surface area contributed by atoms with E-state index in [-0.39, 0.29) is 28.6 Å². The van der Waals surface area contributed by atoms with E-state index in [0.29, 0.717) is 23.1 Å². The molecule has 134 valence electrons. The number of hydrogen-bond donors (Lipinski definition) is 2. The number of phenols is 2. The monoisotopic (exact) mass is 344 g/mol. The van der Waals surface area contributed by atoms with Crippen LogP contribution in [0.3, 0.4) is 0 Å². The molecule has 1 aromatic carbocycles. The van der Waals surface area contributed by atoms with Gasteiger partial charge in [-0.2, -0.15) is 0 Å². The van der Waals surface area contributed by atoms with Crippen LogP contribution in [0.15, 0.2) is 6.07 Å². The highest BCUT2D eigenvalue weighted by Gasteiger charge is 2.69. The molecule has 1 saturated carbocycles. The third-order valence-corrected chi connectivity index (χ3v) is 6.48. The molecule has 0 aromatic heterocycles. The number of carbonyl (C=O) groups is 2. The van der Waals surface area contributed by atoms with Gasteiger partial charge in [-0.15, -0.1) is 0 Å². The molecule has 5 rings (SSSR count). The fraction of sp³-hybridized carbons (Fsp3) is 0.600. The second-order valence-electron chi connectivity index (χ2n) is 8.72. The Labute approximate surface area is 147 Å². The lowest BCUT2D eigenvalue weighted by Gasteiger charge is -2.57. The molecular formula is C20H24O5. The van der Waals surface area contributed by atoms with Crippen molar-refractivity contribution in [1.29, 1.82) is 0 Å². The van der Waals surface area contributed by atoms with E-state index in [0.717, 1.165) is 12.8 Å². The third-order valence-electron chi connectivity index (χ3n) is 6.48. The van der Waals surface area contributed by atoms with Crippen LogP contribution in [0.1, 0.15) is 75.7 Å². The van der Waals surface area contributed by atoms with Crippen LogP contribution >= 0.6 is 0 Å². The van der Waals surface area contributed by atoms with Gasteiger partial charge in [0.05, 0.1) is 0 Å². The van der Waals surface area contributed by atoms with E-state index in [4.69, 9.17) is 4.74 Å². The summed E-state index contributed by atoms with van der Waals surface area (Å²) < 4.78 is 5.53. The molecule has 2 N–H and O–H groups in total. The first-order valence-corrected chi connectivity index (χ1v) is 8.97. The highest BCUT2D eigenvalue weighted by Crippen LogP contribution is 2.65. The maximum absolute atomic E-state index is 13.2. The van der Waals surface area contributed by atoms with Crippen LogP contribution < -0.4 is 0 Å². The number of phenolic OH excluding ortho intramolecular Hbond substituents is 2. The smallest absolute Gasteiger partial charge is 0.318 e. The highest BCUT2D eigenvalue weighted by atomic mass is 16.6. The minimum absolute atomic E-state index is 0.0291. The fourth-order valence-corrected chi connectivity index (χ4v) is 5.45. The summed E-state index contributed by atoms with van der Waals surface area (Å²) in [5, 5.41) is 21.4. The molecule has 2 bridgehead atoms. The Balaban J connectivity index is 2.08. The average molecular weight is 344 g/mol. The maximum atomic E-state index is 13.2. The van der Waals surface area contributed by atoms with Crippen LogP contribution in [-0.4, -0.2) is 22.0 Å². The summed E-state index contributed by atoms with van der Waals surface area (Å²) in [6, 6.07) is 1.74. The van der Waals surface area contributed by atoms with Crippen molar-refractivity contribution in [2.45, 2.75) is 64.4 Å². The summed E-state index contributed by atoms with van der Waals surface area (Å²) in [5.41, 5.74) is 0.00461. The number of rotatable bonds is 1. The lowest BCUT2D eigenvalue weighted by Crippen LogP contribution is -2.64. The number of ether oxygens (including phenoxy) is 1. The van der Waals surface area contributed by atoms with Crippen molar-refractivity contribution >= 4 is 11.8 Å². The molecule has 2 heterocycles. The Kier molecular flexibility index (Phi) is 3.14. The normalized spacial score (nSPS) is 32.4. The van der Waals surface area contributed by atoms with Crippen molar-refractivity contribution in [2.24, 2.45) is 11.3 Å². The Morgan fingerprint density at radius 1 is 1.16 bits per heavy atom. The van der Waals surface area contributed by atoms with Crippen LogP contribution in [0.5, 0.6) is 11.5 Å². The third kappa shape index (κ3) is 1.79. The van der Waals surface area contributed by atoms with Gasteiger partial charge in [0.25, 0.3) is 0 Å². The van der Waals surface area contributed by atoms with Crippen LogP contribution in [-0.2, 0) is 19.7 Å². The van der Waals surface area contributed by atoms with E-state index in [9.17, 15) is 19.8 Å². The fourth-order valence-electron chi connectivity index (χ4n) is 5.45. The zero-order valence-corrected chi connectivity index (χ0v) is 15.0. The van der Waals surface area contributed by atoms with E-state index >= 15 is 0 Å². The van der Waals surface area contributed by atoms with E-state index in [1.807, 2.05) is 27.7 Å². The predicted molar refractivity (Wildman–Crippen MR) is 90.5 cm³/mol. The first kappa shape index (κ1) is 16.4. The summed E-state index contributed by atoms with van der Waals surface area (Å²) in [5.74, 6) is -1.50. The van der Waals surface area contributed by atoms with Gasteiger partial charge >= 0.3 is 5.97 Å². The van der Waals surface area contributed by atoms with Crippen molar-refractivity contribution in [2.75, 3.05) is 0 Å². The van der Waals surface area contributed by atoms with Gasteiger partial charge in [-0.1, -0.05) is 34.1 Å². The summed E-state index contributed by atoms with van der Waals surface area (Å²) in [6.07, 6.45) is 1.09. The molecule has 1 spiro atoms. The topological polar surface area (TPSA) is 83.8 Å². The van der Waals surface area contributed by atoms with Gasteiger partial charge in [0.2, 0.25) is 0 Å². The Morgan fingerprint density at radius 3 is 2.48 bits per heavy atom. The molecule has 5 heteroatoms. The first-order valence-electron chi connectivity index (χ1n) is 8.97. The van der Waals surface area contributed by atoms with Gasteiger partial charge in [0.1, 0.15) is 5.41 Å². The number of fused-ring (bicyclic) bond motifs is 1. The van der Waals surface area contributed by atoms with Crippen molar-refractivity contribution in [1.82, 2.24) is 0 Å². The number of esters is 1. The minimum Gasteiger partial charge on any atom is -0.504 e. The Bertz CT molecular complexity index is 807. The maximum Gasteiger partial charge on any atom is 0.318 e. The van der Waals surface area contributed by atoms with Gasteiger partial charge in [-0.25, -0.2) is 0 Å². The summed E-state index contributed by atoms with van der Waals surface area (Å²) >= 11 is 0. The molecule has 1 saturated heterocycles. The number of Topliss-reactive ketones (excluding diaryl/α,β-unsaturated/α-hetero) is 1. The Hall–Kier alpha value is -2.04. The number of ketones is 1. The second-order valence-corrected chi connectivity index (χ2v) is 8.72. The van der Waals surface area contributed by atoms with Crippen LogP contribution in [0.4, 0.5) is 0 Å². The molecule has 4 aliphatic rings. The van der Waals surface area contributed by atoms with E-state index in [2.05, 4.69) is 0 Å². The first-order chi connectivity index (χ1) is 11.6. The number of hydrogen-bond acceptors (Lipinski definition) is 5. The van der Waals surface area contributed by atoms with Gasteiger partial charge < -0.3 is 14.9 Å². The molecular weight excluding hydrogens is 320 g/mol. The van der Waals surface area contributed by atoms with Crippen LogP contribution in [0.25, 0.3) is 0 Å². The average Bonchev–Trinajstić information content (AvgIpc) is 2.51. The quantitative estimate of drug-likeness (QED) is 0.602. The molecule has 3 atom stereocenters.